The molecule has 1 aliphatic heterocycles. The fraction of sp³-hybridized carbons (Fsp3) is 0.500. The van der Waals surface area contributed by atoms with Crippen molar-refractivity contribution in [1.29, 1.82) is 0 Å². The molecular formula is C20H28N2O2. The number of ether oxygens (including phenoxy) is 1. The van der Waals surface area contributed by atoms with E-state index in [1.807, 2.05) is 12.1 Å². The molecule has 2 heterocycles. The van der Waals surface area contributed by atoms with Crippen LogP contribution in [0.25, 0.3) is 0 Å². The lowest BCUT2D eigenvalue weighted by Crippen LogP contribution is -2.56. The average molecular weight is 328 g/mol. The van der Waals surface area contributed by atoms with E-state index >= 15 is 0 Å². The number of furan rings is 1. The zero-order valence-corrected chi connectivity index (χ0v) is 14.6. The van der Waals surface area contributed by atoms with Crippen LogP contribution >= 0.6 is 0 Å². The number of benzene rings is 1. The third kappa shape index (κ3) is 4.26. The van der Waals surface area contributed by atoms with Gasteiger partial charge in [-0.2, -0.15) is 0 Å². The second-order valence-electron chi connectivity index (χ2n) is 6.79. The van der Waals surface area contributed by atoms with Gasteiger partial charge in [-0.25, -0.2) is 0 Å². The summed E-state index contributed by atoms with van der Waals surface area (Å²) in [7, 11) is 0. The maximum atomic E-state index is 5.60. The minimum atomic E-state index is 0.0500. The van der Waals surface area contributed by atoms with Crippen molar-refractivity contribution >= 4 is 0 Å². The Labute approximate surface area is 144 Å². The fourth-order valence-corrected chi connectivity index (χ4v) is 3.41. The van der Waals surface area contributed by atoms with Crippen LogP contribution in [0.5, 0.6) is 0 Å². The number of rotatable bonds is 7. The van der Waals surface area contributed by atoms with Gasteiger partial charge in [-0.05, 0) is 44.4 Å². The highest BCUT2D eigenvalue weighted by atomic mass is 16.5. The molecule has 1 aromatic heterocycles. The lowest BCUT2D eigenvalue weighted by Gasteiger charge is -2.41. The summed E-state index contributed by atoms with van der Waals surface area (Å²) in [6, 6.07) is 15.1. The van der Waals surface area contributed by atoms with E-state index in [0.29, 0.717) is 6.04 Å². The molecule has 130 valence electrons. The Bertz CT molecular complexity index is 591. The summed E-state index contributed by atoms with van der Waals surface area (Å²) < 4.78 is 11.1. The fourth-order valence-electron chi connectivity index (χ4n) is 3.41. The summed E-state index contributed by atoms with van der Waals surface area (Å²) >= 11 is 0. The van der Waals surface area contributed by atoms with Crippen molar-refractivity contribution in [2.24, 2.45) is 0 Å². The quantitative estimate of drug-likeness (QED) is 0.811. The van der Waals surface area contributed by atoms with Crippen molar-refractivity contribution in [2.45, 2.75) is 44.3 Å². The van der Waals surface area contributed by atoms with Crippen LogP contribution in [0.2, 0.25) is 0 Å². The molecule has 1 fully saturated rings. The third-order valence-corrected chi connectivity index (χ3v) is 4.99. The van der Waals surface area contributed by atoms with Gasteiger partial charge >= 0.3 is 0 Å². The highest BCUT2D eigenvalue weighted by Crippen LogP contribution is 2.26. The molecule has 2 aromatic rings. The Hall–Kier alpha value is -1.62. The van der Waals surface area contributed by atoms with Crippen molar-refractivity contribution in [1.82, 2.24) is 10.6 Å². The Morgan fingerprint density at radius 3 is 2.42 bits per heavy atom. The molecule has 0 radical (unpaired) electrons. The molecule has 0 saturated carbocycles. The first-order valence-electron chi connectivity index (χ1n) is 8.86. The van der Waals surface area contributed by atoms with Gasteiger partial charge in [0.25, 0.3) is 0 Å². The molecule has 0 aliphatic carbocycles. The van der Waals surface area contributed by atoms with Gasteiger partial charge in [-0.3, -0.25) is 0 Å². The van der Waals surface area contributed by atoms with Crippen molar-refractivity contribution in [2.75, 3.05) is 19.8 Å². The van der Waals surface area contributed by atoms with Gasteiger partial charge < -0.3 is 19.8 Å². The minimum Gasteiger partial charge on any atom is -0.468 e. The smallest absolute Gasteiger partial charge is 0.120 e. The lowest BCUT2D eigenvalue weighted by atomic mass is 9.88. The van der Waals surface area contributed by atoms with Crippen LogP contribution in [-0.4, -0.2) is 25.3 Å². The minimum absolute atomic E-state index is 0.0500. The van der Waals surface area contributed by atoms with Crippen molar-refractivity contribution in [3.05, 3.63) is 60.1 Å². The number of hydrogen-bond acceptors (Lipinski definition) is 4. The van der Waals surface area contributed by atoms with E-state index in [1.165, 1.54) is 5.56 Å². The van der Waals surface area contributed by atoms with Crippen LogP contribution in [0.1, 0.15) is 50.1 Å². The highest BCUT2D eigenvalue weighted by Gasteiger charge is 2.34. The molecule has 0 spiro atoms. The van der Waals surface area contributed by atoms with Gasteiger partial charge in [0.1, 0.15) is 5.76 Å². The largest absolute Gasteiger partial charge is 0.468 e. The Morgan fingerprint density at radius 1 is 1.00 bits per heavy atom. The van der Waals surface area contributed by atoms with Gasteiger partial charge in [0.2, 0.25) is 0 Å². The predicted molar refractivity (Wildman–Crippen MR) is 95.9 cm³/mol. The molecule has 3 rings (SSSR count). The van der Waals surface area contributed by atoms with Crippen molar-refractivity contribution in [3.8, 4) is 0 Å². The first kappa shape index (κ1) is 17.2. The van der Waals surface area contributed by atoms with Crippen LogP contribution in [0.15, 0.2) is 53.1 Å². The molecule has 4 nitrogen and oxygen atoms in total. The Morgan fingerprint density at radius 2 is 1.75 bits per heavy atom. The first-order valence-corrected chi connectivity index (χ1v) is 8.86. The van der Waals surface area contributed by atoms with Gasteiger partial charge in [0, 0.05) is 31.3 Å². The van der Waals surface area contributed by atoms with E-state index in [9.17, 15) is 0 Å². The Balaban J connectivity index is 1.65. The summed E-state index contributed by atoms with van der Waals surface area (Å²) in [6.07, 6.45) is 3.76. The summed E-state index contributed by atoms with van der Waals surface area (Å²) in [5.74, 6) is 0.980. The first-order chi connectivity index (χ1) is 11.7. The van der Waals surface area contributed by atoms with Gasteiger partial charge in [0.05, 0.1) is 12.3 Å². The monoisotopic (exact) mass is 328 g/mol. The summed E-state index contributed by atoms with van der Waals surface area (Å²) in [6.45, 7) is 6.90. The van der Waals surface area contributed by atoms with Crippen molar-refractivity contribution < 1.29 is 9.15 Å². The van der Waals surface area contributed by atoms with Gasteiger partial charge in [-0.1, -0.05) is 30.3 Å². The van der Waals surface area contributed by atoms with E-state index in [-0.39, 0.29) is 11.6 Å². The molecule has 1 aromatic carbocycles. The molecule has 1 saturated heterocycles. The molecule has 0 amide bonds. The van der Waals surface area contributed by atoms with E-state index in [4.69, 9.17) is 9.15 Å². The standard InChI is InChI=1S/C20H28N2O2/c1-16(18-7-4-3-5-8-18)22-20(10-13-23-14-11-20)15-21-17(2)19-9-6-12-24-19/h3-9,12,16-17,21-22H,10-11,13-15H2,1-2H3/t16-,17+/m0/s1. The third-order valence-electron chi connectivity index (χ3n) is 4.99. The maximum Gasteiger partial charge on any atom is 0.120 e. The van der Waals surface area contributed by atoms with E-state index < -0.39 is 0 Å². The maximum absolute atomic E-state index is 5.60. The second-order valence-corrected chi connectivity index (χ2v) is 6.79. The zero-order valence-electron chi connectivity index (χ0n) is 14.6. The topological polar surface area (TPSA) is 46.4 Å². The molecule has 4 heteroatoms. The van der Waals surface area contributed by atoms with Crippen molar-refractivity contribution in [3.63, 3.8) is 0 Å². The predicted octanol–water partition coefficient (Wildman–Crippen LogP) is 3.83. The van der Waals surface area contributed by atoms with Crippen LogP contribution < -0.4 is 10.6 Å². The zero-order chi connectivity index (χ0) is 16.8. The van der Waals surface area contributed by atoms with E-state index in [1.54, 1.807) is 6.26 Å². The number of nitrogens with one attached hydrogen (secondary N) is 2. The van der Waals surface area contributed by atoms with Crippen LogP contribution in [0.3, 0.4) is 0 Å². The molecule has 1 aliphatic rings. The van der Waals surface area contributed by atoms with Crippen LogP contribution in [-0.2, 0) is 4.74 Å². The molecule has 2 N–H and O–H groups in total. The molecule has 0 bridgehead atoms. The van der Waals surface area contributed by atoms with Gasteiger partial charge in [0.15, 0.2) is 0 Å². The van der Waals surface area contributed by atoms with Crippen LogP contribution in [0, 0.1) is 0 Å². The SMILES string of the molecule is C[C@H](NC1(CN[C@H](C)c2ccco2)CCOCC1)c1ccccc1. The molecule has 24 heavy (non-hydrogen) atoms. The average Bonchev–Trinajstić information content (AvgIpc) is 3.16. The molecule has 0 unspecified atom stereocenters. The molecular weight excluding hydrogens is 300 g/mol. The second kappa shape index (κ2) is 7.97. The molecule has 2 atom stereocenters. The van der Waals surface area contributed by atoms with E-state index in [2.05, 4.69) is 54.8 Å². The number of hydrogen-bond donors (Lipinski definition) is 2. The van der Waals surface area contributed by atoms with Crippen LogP contribution in [0.4, 0.5) is 0 Å². The highest BCUT2D eigenvalue weighted by molar-refractivity contribution is 5.19. The Kier molecular flexibility index (Phi) is 5.72. The van der Waals surface area contributed by atoms with Gasteiger partial charge in [-0.15, -0.1) is 0 Å². The summed E-state index contributed by atoms with van der Waals surface area (Å²) in [4.78, 5) is 0. The lowest BCUT2D eigenvalue weighted by molar-refractivity contribution is 0.0326. The summed E-state index contributed by atoms with van der Waals surface area (Å²) in [5.41, 5.74) is 1.37. The normalized spacial score (nSPS) is 19.8. The summed E-state index contributed by atoms with van der Waals surface area (Å²) in [5, 5.41) is 7.52. The van der Waals surface area contributed by atoms with E-state index in [0.717, 1.165) is 38.4 Å².